The number of para-hydroxylation sites is 2. The van der Waals surface area contributed by atoms with Crippen LogP contribution in [-0.2, 0) is 4.79 Å². The van der Waals surface area contributed by atoms with Gasteiger partial charge in [0.15, 0.2) is 0 Å². The van der Waals surface area contributed by atoms with Crippen LogP contribution in [0.1, 0.15) is 17.3 Å². The van der Waals surface area contributed by atoms with Crippen LogP contribution in [0.25, 0.3) is 0 Å². The van der Waals surface area contributed by atoms with Crippen LogP contribution >= 0.6 is 11.6 Å². The number of amides is 3. The molecule has 4 rings (SSSR count). The predicted octanol–water partition coefficient (Wildman–Crippen LogP) is 3.22. The number of fused-ring (bicyclic) bond motifs is 1. The first-order chi connectivity index (χ1) is 16.0. The van der Waals surface area contributed by atoms with Crippen molar-refractivity contribution in [3.8, 4) is 11.6 Å². The summed E-state index contributed by atoms with van der Waals surface area (Å²) in [6.07, 6.45) is -0.894. The summed E-state index contributed by atoms with van der Waals surface area (Å²) >= 11 is 6.02. The highest BCUT2D eigenvalue weighted by atomic mass is 35.5. The van der Waals surface area contributed by atoms with E-state index in [0.717, 1.165) is 0 Å². The maximum absolute atomic E-state index is 12.9. The molecule has 1 aromatic heterocycles. The smallest absolute Gasteiger partial charge is 0.414 e. The van der Waals surface area contributed by atoms with Crippen LogP contribution in [-0.4, -0.2) is 47.3 Å². The van der Waals surface area contributed by atoms with Crippen LogP contribution in [0.3, 0.4) is 0 Å². The van der Waals surface area contributed by atoms with E-state index in [1.165, 1.54) is 11.0 Å². The van der Waals surface area contributed by atoms with Crippen LogP contribution in [0, 0.1) is 0 Å². The number of halogens is 1. The summed E-state index contributed by atoms with van der Waals surface area (Å²) in [6.45, 7) is 2.18. The molecule has 0 saturated carbocycles. The number of benzene rings is 2. The van der Waals surface area contributed by atoms with E-state index in [1.807, 2.05) is 6.92 Å². The van der Waals surface area contributed by atoms with Gasteiger partial charge in [-0.05, 0) is 31.2 Å². The van der Waals surface area contributed by atoms with Crippen LogP contribution in [0.15, 0.2) is 54.6 Å². The van der Waals surface area contributed by atoms with Gasteiger partial charge in [0.25, 0.3) is 11.8 Å². The Bertz CT molecular complexity index is 1200. The Hall–Kier alpha value is -4.05. The lowest BCUT2D eigenvalue weighted by Gasteiger charge is -2.22. The molecule has 2 heterocycles. The number of nitrogens with zero attached hydrogens (tertiary/aromatic N) is 2. The molecule has 33 heavy (non-hydrogen) atoms. The number of hydrogen-bond acceptors (Lipinski definition) is 6. The summed E-state index contributed by atoms with van der Waals surface area (Å²) in [5.74, 6) is -0.129. The lowest BCUT2D eigenvalue weighted by atomic mass is 10.2. The summed E-state index contributed by atoms with van der Waals surface area (Å²) in [4.78, 5) is 39.2. The normalized spacial score (nSPS) is 15.2. The minimum Gasteiger partial charge on any atom is -0.489 e. The Kier molecular flexibility index (Phi) is 6.45. The van der Waals surface area contributed by atoms with Crippen molar-refractivity contribution in [2.75, 3.05) is 23.4 Å². The molecule has 0 unspecified atom stereocenters. The van der Waals surface area contributed by atoms with Crippen molar-refractivity contribution in [1.82, 2.24) is 15.5 Å². The van der Waals surface area contributed by atoms with Gasteiger partial charge in [-0.25, -0.2) is 4.79 Å². The quantitative estimate of drug-likeness (QED) is 0.526. The summed E-state index contributed by atoms with van der Waals surface area (Å²) in [6, 6.07) is 14.1. The highest BCUT2D eigenvalue weighted by Gasteiger charge is 2.32. The Morgan fingerprint density at radius 2 is 2.00 bits per heavy atom. The maximum atomic E-state index is 12.9. The Balaban J connectivity index is 1.38. The van der Waals surface area contributed by atoms with Crippen molar-refractivity contribution < 1.29 is 23.9 Å². The second-order valence-corrected chi connectivity index (χ2v) is 7.41. The first-order valence-corrected chi connectivity index (χ1v) is 10.5. The van der Waals surface area contributed by atoms with E-state index >= 15 is 0 Å². The predicted molar refractivity (Wildman–Crippen MR) is 121 cm³/mol. The van der Waals surface area contributed by atoms with Gasteiger partial charge >= 0.3 is 6.09 Å². The highest BCUT2D eigenvalue weighted by molar-refractivity contribution is 6.34. The van der Waals surface area contributed by atoms with Crippen molar-refractivity contribution in [3.05, 3.63) is 65.2 Å². The van der Waals surface area contributed by atoms with Crippen LogP contribution in [0.4, 0.5) is 16.3 Å². The van der Waals surface area contributed by atoms with E-state index in [1.54, 1.807) is 48.5 Å². The lowest BCUT2D eigenvalue weighted by molar-refractivity contribution is -0.120. The van der Waals surface area contributed by atoms with E-state index in [-0.39, 0.29) is 29.8 Å². The number of ether oxygens (including phenoxy) is 2. The van der Waals surface area contributed by atoms with Gasteiger partial charge in [0.05, 0.1) is 16.3 Å². The van der Waals surface area contributed by atoms with Crippen molar-refractivity contribution in [2.24, 2.45) is 0 Å². The van der Waals surface area contributed by atoms with Crippen molar-refractivity contribution >= 4 is 41.0 Å². The number of anilines is 2. The van der Waals surface area contributed by atoms with Crippen LogP contribution in [0.5, 0.6) is 11.6 Å². The molecule has 170 valence electrons. The van der Waals surface area contributed by atoms with Gasteiger partial charge in [0, 0.05) is 12.6 Å². The summed E-state index contributed by atoms with van der Waals surface area (Å²) < 4.78 is 10.8. The average Bonchev–Trinajstić information content (AvgIpc) is 3.18. The molecule has 2 aromatic carbocycles. The molecule has 1 atom stereocenters. The molecule has 0 aliphatic carbocycles. The minimum absolute atomic E-state index is 0.0544. The molecular formula is C22H20ClN5O5. The van der Waals surface area contributed by atoms with Gasteiger partial charge in [-0.15, -0.1) is 5.10 Å². The fourth-order valence-electron chi connectivity index (χ4n) is 3.30. The summed E-state index contributed by atoms with van der Waals surface area (Å²) in [7, 11) is 0. The molecule has 0 saturated heterocycles. The largest absolute Gasteiger partial charge is 0.489 e. The van der Waals surface area contributed by atoms with Gasteiger partial charge < -0.3 is 25.0 Å². The average molecular weight is 470 g/mol. The van der Waals surface area contributed by atoms with E-state index in [0.29, 0.717) is 23.0 Å². The van der Waals surface area contributed by atoms with Crippen LogP contribution in [0.2, 0.25) is 5.02 Å². The van der Waals surface area contributed by atoms with Gasteiger partial charge in [-0.3, -0.25) is 14.7 Å². The zero-order chi connectivity index (χ0) is 23.4. The molecule has 0 fully saturated rings. The van der Waals surface area contributed by atoms with Gasteiger partial charge in [-0.2, -0.15) is 0 Å². The first-order valence-electron chi connectivity index (χ1n) is 10.1. The molecule has 0 radical (unpaired) electrons. The molecular weight excluding hydrogens is 450 g/mol. The maximum Gasteiger partial charge on any atom is 0.414 e. The van der Waals surface area contributed by atoms with Crippen molar-refractivity contribution in [2.45, 2.75) is 13.0 Å². The molecule has 3 aromatic rings. The van der Waals surface area contributed by atoms with Crippen molar-refractivity contribution in [1.29, 1.82) is 0 Å². The molecule has 1 aliphatic heterocycles. The number of aromatic amines is 1. The summed E-state index contributed by atoms with van der Waals surface area (Å²) in [5, 5.41) is 11.8. The first kappa shape index (κ1) is 22.2. The van der Waals surface area contributed by atoms with E-state index in [4.69, 9.17) is 21.1 Å². The van der Waals surface area contributed by atoms with E-state index < -0.39 is 18.0 Å². The molecule has 10 nitrogen and oxygen atoms in total. The number of hydrogen-bond donors (Lipinski definition) is 3. The number of H-pyrrole nitrogens is 1. The monoisotopic (exact) mass is 469 g/mol. The molecule has 3 N–H and O–H groups in total. The van der Waals surface area contributed by atoms with Crippen LogP contribution < -0.4 is 25.0 Å². The zero-order valence-corrected chi connectivity index (χ0v) is 18.3. The summed E-state index contributed by atoms with van der Waals surface area (Å²) in [5.41, 5.74) is 0.913. The standard InChI is InChI=1S/C22H20ClN5O5/c1-2-28-16-9-5-6-10-17(16)32-12-15(21(28)30)24-22(31)33-19-11-18(26-27-19)25-20(29)13-7-3-4-8-14(13)23/h3-11,15H,2,12H2,1H3,(H,24,31)(H2,25,26,27,29)/t15-/m1/s1. The molecule has 11 heteroatoms. The Labute approximate surface area is 193 Å². The second kappa shape index (κ2) is 9.61. The third-order valence-corrected chi connectivity index (χ3v) is 5.18. The molecule has 1 aliphatic rings. The third-order valence-electron chi connectivity index (χ3n) is 4.85. The molecule has 3 amide bonds. The lowest BCUT2D eigenvalue weighted by Crippen LogP contribution is -2.51. The number of rotatable bonds is 5. The third kappa shape index (κ3) is 4.90. The SMILES string of the molecule is CCN1C(=O)[C@H](NC(=O)Oc2cc(NC(=O)c3ccccc3Cl)[nH]n2)COc2ccccc21. The Morgan fingerprint density at radius 3 is 2.79 bits per heavy atom. The number of carbonyl (C=O) groups excluding carboxylic acids is 3. The number of likely N-dealkylation sites (N-methyl/N-ethyl adjacent to an activating group) is 1. The second-order valence-electron chi connectivity index (χ2n) is 7.00. The van der Waals surface area contributed by atoms with E-state index in [9.17, 15) is 14.4 Å². The topological polar surface area (TPSA) is 126 Å². The molecule has 0 spiro atoms. The fourth-order valence-corrected chi connectivity index (χ4v) is 3.53. The molecule has 0 bridgehead atoms. The number of carbonyl (C=O) groups is 3. The number of nitrogens with one attached hydrogen (secondary N) is 3. The Morgan fingerprint density at radius 1 is 1.24 bits per heavy atom. The van der Waals surface area contributed by atoms with Gasteiger partial charge in [-0.1, -0.05) is 35.9 Å². The van der Waals surface area contributed by atoms with Gasteiger partial charge in [0.2, 0.25) is 5.88 Å². The highest BCUT2D eigenvalue weighted by Crippen LogP contribution is 2.30. The van der Waals surface area contributed by atoms with Crippen molar-refractivity contribution in [3.63, 3.8) is 0 Å². The minimum atomic E-state index is -0.955. The van der Waals surface area contributed by atoms with E-state index in [2.05, 4.69) is 20.8 Å². The zero-order valence-electron chi connectivity index (χ0n) is 17.5. The fraction of sp³-hybridized carbons (Fsp3) is 0.182. The number of aromatic nitrogens is 2. The van der Waals surface area contributed by atoms with Gasteiger partial charge in [0.1, 0.15) is 24.2 Å².